The van der Waals surface area contributed by atoms with Crippen molar-refractivity contribution in [2.75, 3.05) is 5.32 Å². The minimum Gasteiger partial charge on any atom is -0.309 e. The Balaban J connectivity index is 1.09. The van der Waals surface area contributed by atoms with Crippen LogP contribution in [0.4, 0.5) is 11.5 Å². The van der Waals surface area contributed by atoms with Gasteiger partial charge in [0.15, 0.2) is 11.3 Å². The third-order valence-electron chi connectivity index (χ3n) is 7.17. The molecule has 2 saturated carbocycles. The van der Waals surface area contributed by atoms with Crippen molar-refractivity contribution >= 4 is 45.7 Å². The molecule has 1 amide bonds. The predicted molar refractivity (Wildman–Crippen MR) is 139 cm³/mol. The summed E-state index contributed by atoms with van der Waals surface area (Å²) in [6, 6.07) is 10.3. The fourth-order valence-electron chi connectivity index (χ4n) is 5.01. The van der Waals surface area contributed by atoms with Crippen LogP contribution in [0.1, 0.15) is 47.9 Å². The zero-order chi connectivity index (χ0) is 26.0. The van der Waals surface area contributed by atoms with Crippen LogP contribution in [0.15, 0.2) is 55.0 Å². The summed E-state index contributed by atoms with van der Waals surface area (Å²) in [6.07, 6.45) is 8.66. The third kappa shape index (κ3) is 4.14. The van der Waals surface area contributed by atoms with Crippen molar-refractivity contribution in [3.8, 4) is 0 Å². The van der Waals surface area contributed by atoms with Crippen molar-refractivity contribution in [1.82, 2.24) is 29.4 Å². The molecule has 38 heavy (non-hydrogen) atoms. The van der Waals surface area contributed by atoms with Crippen LogP contribution in [-0.2, 0) is 11.3 Å². The highest BCUT2D eigenvalue weighted by Gasteiger charge is 2.47. The van der Waals surface area contributed by atoms with E-state index in [2.05, 4.69) is 37.7 Å². The van der Waals surface area contributed by atoms with E-state index in [4.69, 9.17) is 11.6 Å². The van der Waals surface area contributed by atoms with E-state index in [9.17, 15) is 14.9 Å². The summed E-state index contributed by atoms with van der Waals surface area (Å²) in [5, 5.41) is 23.8. The van der Waals surface area contributed by atoms with Gasteiger partial charge in [0, 0.05) is 47.1 Å². The predicted octanol–water partition coefficient (Wildman–Crippen LogP) is 4.70. The normalized spacial score (nSPS) is 18.7. The molecule has 0 saturated heterocycles. The number of carbonyl (C=O) groups excluding carboxylic acids is 1. The van der Waals surface area contributed by atoms with Crippen LogP contribution in [0.25, 0.3) is 16.7 Å². The van der Waals surface area contributed by atoms with E-state index in [0.29, 0.717) is 46.3 Å². The summed E-state index contributed by atoms with van der Waals surface area (Å²) >= 11 is 6.06. The van der Waals surface area contributed by atoms with Gasteiger partial charge in [0.25, 0.3) is 5.69 Å². The molecule has 7 rings (SSSR count). The maximum Gasteiger partial charge on any atom is 0.272 e. The van der Waals surface area contributed by atoms with E-state index < -0.39 is 10.8 Å². The maximum absolute atomic E-state index is 13.0. The van der Waals surface area contributed by atoms with Crippen molar-refractivity contribution in [2.24, 2.45) is 5.92 Å². The molecule has 2 atom stereocenters. The number of nitro benzene ring substituents is 1. The van der Waals surface area contributed by atoms with E-state index in [0.717, 1.165) is 11.3 Å². The fourth-order valence-corrected chi connectivity index (χ4v) is 5.20. The van der Waals surface area contributed by atoms with Gasteiger partial charge in [-0.3, -0.25) is 14.9 Å². The average molecular weight is 529 g/mol. The van der Waals surface area contributed by atoms with Gasteiger partial charge in [-0.1, -0.05) is 17.7 Å². The number of nitrogens with zero attached hydrogens (tertiary/aromatic N) is 7. The lowest BCUT2D eigenvalue weighted by Crippen LogP contribution is -2.16. The smallest absolute Gasteiger partial charge is 0.272 e. The highest BCUT2D eigenvalue weighted by atomic mass is 35.5. The molecule has 12 heteroatoms. The van der Waals surface area contributed by atoms with Gasteiger partial charge in [-0.15, -0.1) is 5.10 Å². The second-order valence-corrected chi connectivity index (χ2v) is 10.3. The van der Waals surface area contributed by atoms with Crippen LogP contribution in [-0.4, -0.2) is 40.2 Å². The zero-order valence-electron chi connectivity index (χ0n) is 20.0. The molecule has 0 aliphatic heterocycles. The van der Waals surface area contributed by atoms with Crippen LogP contribution < -0.4 is 5.32 Å². The standard InChI is InChI=1S/C26H21ClN8O3/c27-16-4-5-22(35(37)38)19(9-16)18-10-20(18)26(36)30-25-24-21(7-8-28-25)31-34(32-24)13-17-12-33-11-15(14-1-2-14)3-6-23(33)29-17/h3-9,11-12,14,18,20H,1-2,10,13H2,(H,28,30,36)/t18-,20+/m1/s1. The summed E-state index contributed by atoms with van der Waals surface area (Å²) in [5.74, 6) is -0.00654. The number of carbonyl (C=O) groups is 1. The molecule has 0 radical (unpaired) electrons. The first-order valence-electron chi connectivity index (χ1n) is 12.3. The SMILES string of the molecule is O=C(Nc1nccc2nn(Cc3cn4cc(C5CC5)ccc4n3)nc12)[C@H]1C[C@@H]1c1cc(Cl)ccc1[N+](=O)[O-]. The number of amides is 1. The van der Waals surface area contributed by atoms with Gasteiger partial charge in [-0.25, -0.2) is 9.97 Å². The highest BCUT2D eigenvalue weighted by Crippen LogP contribution is 2.51. The van der Waals surface area contributed by atoms with Crippen molar-refractivity contribution in [3.05, 3.63) is 86.9 Å². The second-order valence-electron chi connectivity index (χ2n) is 9.89. The number of fused-ring (bicyclic) bond motifs is 2. The second kappa shape index (κ2) is 8.59. The minimum absolute atomic E-state index is 0.0337. The molecule has 2 aliphatic carbocycles. The largest absolute Gasteiger partial charge is 0.309 e. The minimum atomic E-state index is -0.450. The number of benzene rings is 1. The Morgan fingerprint density at radius 1 is 1.16 bits per heavy atom. The molecule has 0 unspecified atom stereocenters. The van der Waals surface area contributed by atoms with Gasteiger partial charge < -0.3 is 9.72 Å². The first-order valence-corrected chi connectivity index (χ1v) is 12.7. The number of hydrogen-bond donors (Lipinski definition) is 1. The number of nitro groups is 1. The maximum atomic E-state index is 13.0. The van der Waals surface area contributed by atoms with Gasteiger partial charge in [0.05, 0.1) is 10.6 Å². The molecule has 2 fully saturated rings. The van der Waals surface area contributed by atoms with Gasteiger partial charge in [-0.2, -0.15) is 9.90 Å². The van der Waals surface area contributed by atoms with E-state index in [1.165, 1.54) is 30.5 Å². The van der Waals surface area contributed by atoms with Crippen molar-refractivity contribution < 1.29 is 9.72 Å². The monoisotopic (exact) mass is 528 g/mol. The molecular weight excluding hydrogens is 508 g/mol. The molecule has 11 nitrogen and oxygen atoms in total. The van der Waals surface area contributed by atoms with Crippen LogP contribution in [0.5, 0.6) is 0 Å². The summed E-state index contributed by atoms with van der Waals surface area (Å²) in [4.78, 5) is 34.5. The number of anilines is 1. The Labute approximate surface area is 220 Å². The quantitative estimate of drug-likeness (QED) is 0.239. The number of rotatable bonds is 7. The lowest BCUT2D eigenvalue weighted by Gasteiger charge is -2.05. The van der Waals surface area contributed by atoms with Crippen molar-refractivity contribution in [2.45, 2.75) is 37.6 Å². The topological polar surface area (TPSA) is 133 Å². The molecule has 0 bridgehead atoms. The van der Waals surface area contributed by atoms with E-state index >= 15 is 0 Å². The zero-order valence-corrected chi connectivity index (χ0v) is 20.7. The third-order valence-corrected chi connectivity index (χ3v) is 7.41. The molecule has 0 spiro atoms. The number of nitrogens with one attached hydrogen (secondary N) is 1. The molecule has 190 valence electrons. The first-order chi connectivity index (χ1) is 18.4. The number of imidazole rings is 1. The van der Waals surface area contributed by atoms with E-state index in [1.807, 2.05) is 16.7 Å². The van der Waals surface area contributed by atoms with Crippen LogP contribution >= 0.6 is 11.6 Å². The number of pyridine rings is 2. The van der Waals surface area contributed by atoms with Crippen LogP contribution in [0, 0.1) is 16.0 Å². The Bertz CT molecular complexity index is 1760. The fraction of sp³-hybridized carbons (Fsp3) is 0.269. The van der Waals surface area contributed by atoms with Crippen molar-refractivity contribution in [1.29, 1.82) is 0 Å². The Morgan fingerprint density at radius 2 is 2.03 bits per heavy atom. The molecule has 2 aliphatic rings. The molecule has 5 aromatic rings. The first kappa shape index (κ1) is 22.8. The molecule has 1 aromatic carbocycles. The van der Waals surface area contributed by atoms with Gasteiger partial charge in [-0.05, 0) is 55.0 Å². The van der Waals surface area contributed by atoms with Gasteiger partial charge in [0.1, 0.15) is 17.7 Å². The summed E-state index contributed by atoms with van der Waals surface area (Å²) in [6.45, 7) is 0.367. The average Bonchev–Trinajstić information content (AvgIpc) is 3.81. The number of aromatic nitrogens is 6. The van der Waals surface area contributed by atoms with E-state index in [1.54, 1.807) is 23.1 Å². The summed E-state index contributed by atoms with van der Waals surface area (Å²) in [7, 11) is 0. The Hall–Kier alpha value is -4.38. The Kier molecular flexibility index (Phi) is 5.15. The summed E-state index contributed by atoms with van der Waals surface area (Å²) < 4.78 is 2.04. The van der Waals surface area contributed by atoms with Gasteiger partial charge >= 0.3 is 0 Å². The number of halogens is 1. The van der Waals surface area contributed by atoms with Crippen LogP contribution in [0.3, 0.4) is 0 Å². The molecule has 4 aromatic heterocycles. The molecule has 1 N–H and O–H groups in total. The van der Waals surface area contributed by atoms with E-state index in [-0.39, 0.29) is 17.5 Å². The molecule has 4 heterocycles. The highest BCUT2D eigenvalue weighted by molar-refractivity contribution is 6.30. The van der Waals surface area contributed by atoms with Gasteiger partial charge in [0.2, 0.25) is 5.91 Å². The van der Waals surface area contributed by atoms with Crippen molar-refractivity contribution in [3.63, 3.8) is 0 Å². The Morgan fingerprint density at radius 3 is 2.84 bits per heavy atom. The lowest BCUT2D eigenvalue weighted by atomic mass is 10.1. The molecular formula is C26H21ClN8O3. The lowest BCUT2D eigenvalue weighted by molar-refractivity contribution is -0.385. The number of hydrogen-bond acceptors (Lipinski definition) is 7. The summed E-state index contributed by atoms with van der Waals surface area (Å²) in [5.41, 5.74) is 4.51. The van der Waals surface area contributed by atoms with Crippen LogP contribution in [0.2, 0.25) is 5.02 Å².